The largest absolute Gasteiger partial charge is 0.444 e. The van der Waals surface area contributed by atoms with Crippen LogP contribution in [0.15, 0.2) is 41.3 Å². The number of amides is 4. The number of pyridine rings is 1. The Morgan fingerprint density at radius 2 is 1.43 bits per heavy atom. The Labute approximate surface area is 375 Å². The van der Waals surface area contributed by atoms with Crippen LogP contribution in [0.3, 0.4) is 0 Å². The standard InChI is InChI=1S/C43H63ClF2N8O8S/c1-41(2,3)61-39(57)48-18-24-54(7,8)23-17-47-38(56)29-9-11-30(12-10-29)43(45,46)31-25-35(44)50-36(26-31)51-19-21-52(22-20-51)63(59,60)34-15-13-33(14-16-34)53-28-32(27-37(53)55)49-40(58)62-42(4,5)6/h13-16,25-26,29-30,32H,9-12,17-24,27-28H2,1-8H3,(H2-,47,48,49,56,57,58)/p+1/t29-,30-,32-/m1/s1. The van der Waals surface area contributed by atoms with E-state index in [0.717, 1.165) is 0 Å². The van der Waals surface area contributed by atoms with Crippen molar-refractivity contribution in [3.63, 3.8) is 0 Å². The van der Waals surface area contributed by atoms with Gasteiger partial charge in [0.25, 0.3) is 5.92 Å². The van der Waals surface area contributed by atoms with Crippen molar-refractivity contribution < 1.29 is 50.3 Å². The van der Waals surface area contributed by atoms with E-state index in [4.69, 9.17) is 21.1 Å². The molecule has 3 aliphatic rings. The highest BCUT2D eigenvalue weighted by atomic mass is 35.5. The molecule has 0 bridgehead atoms. The molecule has 20 heteroatoms. The van der Waals surface area contributed by atoms with Gasteiger partial charge in [0.1, 0.15) is 22.2 Å². The zero-order valence-corrected chi connectivity index (χ0v) is 39.2. The van der Waals surface area contributed by atoms with Gasteiger partial charge in [-0.05, 0) is 104 Å². The van der Waals surface area contributed by atoms with Gasteiger partial charge in [-0.25, -0.2) is 31.8 Å². The molecule has 2 saturated heterocycles. The van der Waals surface area contributed by atoms with E-state index in [1.54, 1.807) is 58.6 Å². The van der Waals surface area contributed by atoms with Gasteiger partial charge in [0.2, 0.25) is 21.8 Å². The number of likely N-dealkylation sites (N-methyl/N-ethyl adjacent to an activating group) is 1. The normalized spacial score (nSPS) is 20.6. The van der Waals surface area contributed by atoms with Crippen molar-refractivity contribution >= 4 is 57.1 Å². The number of halogens is 3. The van der Waals surface area contributed by atoms with E-state index in [2.05, 4.69) is 20.9 Å². The van der Waals surface area contributed by atoms with Crippen LogP contribution < -0.4 is 25.8 Å². The van der Waals surface area contributed by atoms with Gasteiger partial charge in [0.15, 0.2) is 0 Å². The molecule has 1 atom stereocenters. The number of sulfonamides is 1. The fourth-order valence-corrected chi connectivity index (χ4v) is 9.56. The third-order valence-electron chi connectivity index (χ3n) is 11.4. The summed E-state index contributed by atoms with van der Waals surface area (Å²) in [6.45, 7) is 13.4. The predicted octanol–water partition coefficient (Wildman–Crippen LogP) is 5.49. The second kappa shape index (κ2) is 19.8. The van der Waals surface area contributed by atoms with Crippen molar-refractivity contribution in [1.29, 1.82) is 0 Å². The number of ether oxygens (including phenoxy) is 2. The molecule has 350 valence electrons. The average molecular weight is 927 g/mol. The zero-order valence-electron chi connectivity index (χ0n) is 37.6. The molecule has 1 saturated carbocycles. The van der Waals surface area contributed by atoms with Crippen LogP contribution in [0.2, 0.25) is 5.15 Å². The Balaban J connectivity index is 1.09. The summed E-state index contributed by atoms with van der Waals surface area (Å²) in [7, 11) is 0.0492. The molecule has 63 heavy (non-hydrogen) atoms. The molecule has 1 aromatic carbocycles. The number of piperazine rings is 1. The Hall–Kier alpha value is -4.33. The minimum atomic E-state index is -3.94. The van der Waals surface area contributed by atoms with Gasteiger partial charge in [-0.3, -0.25) is 9.59 Å². The van der Waals surface area contributed by atoms with E-state index in [9.17, 15) is 27.6 Å². The number of quaternary nitrogens is 1. The number of carbonyl (C=O) groups is 4. The highest BCUT2D eigenvalue weighted by Crippen LogP contribution is 2.46. The van der Waals surface area contributed by atoms with Crippen molar-refractivity contribution in [2.24, 2.45) is 11.8 Å². The first kappa shape index (κ1) is 49.7. The van der Waals surface area contributed by atoms with Crippen LogP contribution in [0.1, 0.15) is 79.2 Å². The maximum absolute atomic E-state index is 16.2. The van der Waals surface area contributed by atoms with Crippen LogP contribution in [0.5, 0.6) is 0 Å². The average Bonchev–Trinajstić information content (AvgIpc) is 3.55. The Morgan fingerprint density at radius 1 is 0.857 bits per heavy atom. The number of alkyl carbamates (subject to hydrolysis) is 2. The third-order valence-corrected chi connectivity index (χ3v) is 13.5. The van der Waals surface area contributed by atoms with E-state index in [1.807, 2.05) is 14.1 Å². The predicted molar refractivity (Wildman–Crippen MR) is 235 cm³/mol. The lowest BCUT2D eigenvalue weighted by Crippen LogP contribution is -2.50. The quantitative estimate of drug-likeness (QED) is 0.162. The molecule has 0 unspecified atom stereocenters. The molecular weight excluding hydrogens is 862 g/mol. The topological polar surface area (TPSA) is 180 Å². The van der Waals surface area contributed by atoms with Crippen molar-refractivity contribution in [1.82, 2.24) is 25.2 Å². The van der Waals surface area contributed by atoms with E-state index in [1.165, 1.54) is 33.5 Å². The lowest BCUT2D eigenvalue weighted by molar-refractivity contribution is -0.887. The van der Waals surface area contributed by atoms with Crippen molar-refractivity contribution in [3.05, 3.63) is 47.1 Å². The van der Waals surface area contributed by atoms with Gasteiger partial charge in [0, 0.05) is 62.2 Å². The first-order valence-electron chi connectivity index (χ1n) is 21.5. The van der Waals surface area contributed by atoms with Crippen LogP contribution in [-0.2, 0) is 35.0 Å². The summed E-state index contributed by atoms with van der Waals surface area (Å²) >= 11 is 6.32. The summed E-state index contributed by atoms with van der Waals surface area (Å²) in [6.07, 6.45) is -0.0958. The Morgan fingerprint density at radius 3 is 2.02 bits per heavy atom. The summed E-state index contributed by atoms with van der Waals surface area (Å²) in [5.41, 5.74) is -1.06. The van der Waals surface area contributed by atoms with Gasteiger partial charge in [-0.2, -0.15) is 4.31 Å². The van der Waals surface area contributed by atoms with Crippen LogP contribution in [0.25, 0.3) is 0 Å². The maximum Gasteiger partial charge on any atom is 0.407 e. The van der Waals surface area contributed by atoms with Gasteiger partial charge in [-0.15, -0.1) is 0 Å². The first-order valence-corrected chi connectivity index (χ1v) is 23.3. The second-order valence-corrected chi connectivity index (χ2v) is 21.6. The number of nitrogens with one attached hydrogen (secondary N) is 3. The highest BCUT2D eigenvalue weighted by molar-refractivity contribution is 7.89. The lowest BCUT2D eigenvalue weighted by Gasteiger charge is -2.36. The monoisotopic (exact) mass is 925 g/mol. The number of hydrogen-bond donors (Lipinski definition) is 3. The molecule has 1 aliphatic carbocycles. The second-order valence-electron chi connectivity index (χ2n) is 19.2. The van der Waals surface area contributed by atoms with E-state index >= 15 is 8.78 Å². The molecule has 5 rings (SSSR count). The fourth-order valence-electron chi connectivity index (χ4n) is 7.94. The molecule has 2 aromatic rings. The smallest absolute Gasteiger partial charge is 0.407 e. The Kier molecular flexibility index (Phi) is 15.6. The Bertz CT molecular complexity index is 2070. The molecule has 0 spiro atoms. The van der Waals surface area contributed by atoms with E-state index < -0.39 is 51.3 Å². The van der Waals surface area contributed by atoms with Gasteiger partial charge < -0.3 is 39.7 Å². The molecule has 1 aromatic heterocycles. The molecule has 2 aliphatic heterocycles. The molecule has 4 amide bonds. The molecule has 3 heterocycles. The number of rotatable bonds is 14. The summed E-state index contributed by atoms with van der Waals surface area (Å²) in [6, 6.07) is 8.00. The molecular formula is C43H64ClF2N8O8S+. The minimum Gasteiger partial charge on any atom is -0.444 e. The van der Waals surface area contributed by atoms with Crippen LogP contribution in [-0.4, -0.2) is 136 Å². The van der Waals surface area contributed by atoms with Crippen LogP contribution >= 0.6 is 11.6 Å². The molecule has 3 N–H and O–H groups in total. The number of benzene rings is 1. The fraction of sp³-hybridized carbons (Fsp3) is 0.651. The van der Waals surface area contributed by atoms with Gasteiger partial charge in [0.05, 0.1) is 51.2 Å². The number of carbonyl (C=O) groups excluding carboxylic acids is 4. The number of hydrogen-bond acceptors (Lipinski definition) is 10. The number of nitrogens with zero attached hydrogens (tertiary/aromatic N) is 5. The maximum atomic E-state index is 16.2. The summed E-state index contributed by atoms with van der Waals surface area (Å²) in [5.74, 6) is -4.78. The highest BCUT2D eigenvalue weighted by Gasteiger charge is 2.45. The van der Waals surface area contributed by atoms with Crippen LogP contribution in [0, 0.1) is 11.8 Å². The molecule has 3 fully saturated rings. The molecule has 16 nitrogen and oxygen atoms in total. The van der Waals surface area contributed by atoms with Gasteiger partial charge in [-0.1, -0.05) is 11.6 Å². The summed E-state index contributed by atoms with van der Waals surface area (Å²) < 4.78 is 72.1. The van der Waals surface area contributed by atoms with Crippen molar-refractivity contribution in [3.8, 4) is 0 Å². The van der Waals surface area contributed by atoms with Crippen molar-refractivity contribution in [2.45, 2.75) is 102 Å². The number of anilines is 2. The summed E-state index contributed by atoms with van der Waals surface area (Å²) in [4.78, 5) is 57.6. The number of aromatic nitrogens is 1. The lowest BCUT2D eigenvalue weighted by atomic mass is 9.77. The molecule has 0 radical (unpaired) electrons. The number of alkyl halides is 2. The van der Waals surface area contributed by atoms with E-state index in [-0.39, 0.29) is 91.1 Å². The first-order chi connectivity index (χ1) is 29.2. The van der Waals surface area contributed by atoms with Crippen LogP contribution in [0.4, 0.5) is 29.9 Å². The zero-order chi connectivity index (χ0) is 46.5. The third kappa shape index (κ3) is 13.8. The van der Waals surface area contributed by atoms with Gasteiger partial charge >= 0.3 is 12.2 Å². The van der Waals surface area contributed by atoms with E-state index in [0.29, 0.717) is 49.2 Å². The SMILES string of the molecule is CC(C)(C)OC(=O)NCC[N+](C)(C)CCNC(=O)[C@H]1CC[C@H](C(F)(F)c2cc(Cl)nc(N3CCN(S(=O)(=O)c4ccc(N5C[C@H](NC(=O)OC(C)(C)C)CC5=O)cc4)CC3)c2)CC1. The van der Waals surface area contributed by atoms with Crippen molar-refractivity contribution in [2.75, 3.05) is 82.8 Å². The summed E-state index contributed by atoms with van der Waals surface area (Å²) in [5, 5.41) is 8.32. The minimum absolute atomic E-state index is 0.0366.